The number of hydrogen-bond acceptors (Lipinski definition) is 8. The van der Waals surface area contributed by atoms with Crippen molar-refractivity contribution in [2.24, 2.45) is 0 Å². The number of ether oxygens (including phenoxy) is 2. The van der Waals surface area contributed by atoms with E-state index in [0.717, 1.165) is 32.1 Å². The van der Waals surface area contributed by atoms with Crippen molar-refractivity contribution in [2.75, 3.05) is 33.0 Å². The minimum absolute atomic E-state index is 0.0563. The van der Waals surface area contributed by atoms with Gasteiger partial charge in [0, 0.05) is 13.0 Å². The molecular weight excluding hydrogens is 860 g/mol. The predicted octanol–water partition coefficient (Wildman–Crippen LogP) is 17.6. The molecule has 0 heterocycles. The zero-order valence-electron chi connectivity index (χ0n) is 44.4. The number of phosphoric acid groups is 1. The highest BCUT2D eigenvalue weighted by atomic mass is 31.2. The molecule has 0 amide bonds. The topological polar surface area (TPSA) is 132 Å². The molecule has 0 bridgehead atoms. The van der Waals surface area contributed by atoms with E-state index in [0.29, 0.717) is 6.61 Å². The highest BCUT2D eigenvalue weighted by Crippen LogP contribution is 2.43. The predicted molar refractivity (Wildman–Crippen MR) is 284 cm³/mol. The Morgan fingerprint density at radius 2 is 0.761 bits per heavy atom. The monoisotopic (exact) mass is 973 g/mol. The van der Waals surface area contributed by atoms with Crippen LogP contribution in [0.25, 0.3) is 0 Å². The molecule has 0 aliphatic carbocycles. The van der Waals surface area contributed by atoms with Gasteiger partial charge >= 0.3 is 13.8 Å². The lowest BCUT2D eigenvalue weighted by Gasteiger charge is -2.20. The first-order valence-corrected chi connectivity index (χ1v) is 30.7. The van der Waals surface area contributed by atoms with Crippen molar-refractivity contribution in [3.8, 4) is 0 Å². The van der Waals surface area contributed by atoms with Gasteiger partial charge in [0.2, 0.25) is 0 Å². The minimum atomic E-state index is -4.52. The van der Waals surface area contributed by atoms with Crippen LogP contribution in [0, 0.1) is 0 Å². The summed E-state index contributed by atoms with van der Waals surface area (Å²) < 4.78 is 33.7. The van der Waals surface area contributed by atoms with Crippen molar-refractivity contribution in [1.29, 1.82) is 0 Å². The summed E-state index contributed by atoms with van der Waals surface area (Å²) in [4.78, 5) is 22.8. The highest BCUT2D eigenvalue weighted by Gasteiger charge is 2.26. The summed E-state index contributed by atoms with van der Waals surface area (Å²) >= 11 is 0. The van der Waals surface area contributed by atoms with E-state index >= 15 is 0 Å². The summed E-state index contributed by atoms with van der Waals surface area (Å²) in [6.07, 6.45) is 60.5. The van der Waals surface area contributed by atoms with Gasteiger partial charge in [-0.15, -0.1) is 0 Å². The largest absolute Gasteiger partial charge is 0.472 e. The van der Waals surface area contributed by atoms with Crippen LogP contribution in [0.3, 0.4) is 0 Å². The first-order valence-electron chi connectivity index (χ1n) is 29.2. The van der Waals surface area contributed by atoms with Crippen molar-refractivity contribution in [3.63, 3.8) is 0 Å². The van der Waals surface area contributed by atoms with Crippen LogP contribution in [0.5, 0.6) is 0 Å². The Hall–Kier alpha value is -0.800. The Bertz CT molecular complexity index is 1060. The molecule has 0 rings (SSSR count). The molecule has 67 heavy (non-hydrogen) atoms. The molecule has 9 nitrogen and oxygen atoms in total. The van der Waals surface area contributed by atoms with Gasteiger partial charge in [-0.05, 0) is 38.5 Å². The number of aliphatic hydroxyl groups is 2. The summed E-state index contributed by atoms with van der Waals surface area (Å²) in [6.45, 7) is 3.61. The molecule has 400 valence electrons. The van der Waals surface area contributed by atoms with Crippen LogP contribution in [-0.2, 0) is 27.9 Å². The lowest BCUT2D eigenvalue weighted by atomic mass is 10.0. The fourth-order valence-electron chi connectivity index (χ4n) is 8.77. The van der Waals surface area contributed by atoms with Gasteiger partial charge in [-0.3, -0.25) is 13.8 Å². The Kier molecular flexibility index (Phi) is 53.9. The van der Waals surface area contributed by atoms with Gasteiger partial charge in [-0.25, -0.2) is 4.57 Å². The Labute approximate surface area is 415 Å². The van der Waals surface area contributed by atoms with Gasteiger partial charge < -0.3 is 24.6 Å². The van der Waals surface area contributed by atoms with Crippen LogP contribution in [0.15, 0.2) is 12.2 Å². The Balaban J connectivity index is 3.96. The molecule has 0 aromatic heterocycles. The summed E-state index contributed by atoms with van der Waals surface area (Å²) in [6, 6.07) is 0. The van der Waals surface area contributed by atoms with E-state index in [9.17, 15) is 19.4 Å². The molecule has 0 aliphatic heterocycles. The van der Waals surface area contributed by atoms with Crippen molar-refractivity contribution in [1.82, 2.24) is 0 Å². The number of aliphatic hydroxyl groups excluding tert-OH is 2. The molecule has 0 saturated carbocycles. The molecule has 0 saturated heterocycles. The molecule has 0 spiro atoms. The van der Waals surface area contributed by atoms with Gasteiger partial charge in [0.15, 0.2) is 0 Å². The zero-order chi connectivity index (χ0) is 48.8. The molecule has 10 heteroatoms. The van der Waals surface area contributed by atoms with Gasteiger partial charge in [0.25, 0.3) is 0 Å². The number of esters is 1. The second-order valence-corrected chi connectivity index (χ2v) is 21.5. The van der Waals surface area contributed by atoms with E-state index in [4.69, 9.17) is 23.6 Å². The van der Waals surface area contributed by atoms with Gasteiger partial charge in [-0.1, -0.05) is 270 Å². The summed E-state index contributed by atoms with van der Waals surface area (Å²) in [5.74, 6) is -0.375. The Morgan fingerprint density at radius 3 is 1.12 bits per heavy atom. The molecule has 0 aromatic carbocycles. The maximum absolute atomic E-state index is 12.7. The van der Waals surface area contributed by atoms with Gasteiger partial charge in [0.05, 0.1) is 26.4 Å². The second kappa shape index (κ2) is 54.5. The van der Waals surface area contributed by atoms with E-state index in [2.05, 4.69) is 26.0 Å². The van der Waals surface area contributed by atoms with E-state index in [1.54, 1.807) is 0 Å². The number of allylic oxidation sites excluding steroid dienone is 2. The fraction of sp³-hybridized carbons (Fsp3) is 0.947. The van der Waals surface area contributed by atoms with Crippen molar-refractivity contribution >= 4 is 13.8 Å². The molecule has 0 aliphatic rings. The molecule has 0 fully saturated rings. The molecule has 0 aromatic rings. The van der Waals surface area contributed by atoms with E-state index in [-0.39, 0.29) is 25.6 Å². The zero-order valence-corrected chi connectivity index (χ0v) is 45.3. The Morgan fingerprint density at radius 1 is 0.448 bits per heavy atom. The molecule has 3 N–H and O–H groups in total. The van der Waals surface area contributed by atoms with Crippen LogP contribution in [0.4, 0.5) is 0 Å². The van der Waals surface area contributed by atoms with E-state index in [1.807, 2.05) is 0 Å². The van der Waals surface area contributed by atoms with Gasteiger partial charge in [0.1, 0.15) is 12.2 Å². The van der Waals surface area contributed by atoms with Crippen LogP contribution in [0.2, 0.25) is 0 Å². The maximum Gasteiger partial charge on any atom is 0.472 e. The van der Waals surface area contributed by atoms with Crippen LogP contribution in [0.1, 0.15) is 303 Å². The smallest absolute Gasteiger partial charge is 0.457 e. The first-order chi connectivity index (χ1) is 32.8. The van der Waals surface area contributed by atoms with Crippen LogP contribution < -0.4 is 0 Å². The second-order valence-electron chi connectivity index (χ2n) is 20.0. The summed E-state index contributed by atoms with van der Waals surface area (Å²) in [5.41, 5.74) is 0. The normalized spacial score (nSPS) is 13.7. The molecule has 3 atom stereocenters. The average Bonchev–Trinajstić information content (AvgIpc) is 3.32. The van der Waals surface area contributed by atoms with Crippen molar-refractivity contribution in [2.45, 2.75) is 315 Å². The van der Waals surface area contributed by atoms with Crippen LogP contribution >= 0.6 is 7.82 Å². The third-order valence-electron chi connectivity index (χ3n) is 13.2. The molecule has 0 radical (unpaired) electrons. The average molecular weight is 973 g/mol. The SMILES string of the molecule is CCCCCCCCCC/C=C\CCCCCCCCCCCCCC(=O)OC(COCCCCCCCCCCCCCCCCCCCCCCCCC)COP(=O)(O)OCC(O)CO. The fourth-order valence-corrected chi connectivity index (χ4v) is 9.56. The summed E-state index contributed by atoms with van der Waals surface area (Å²) in [5, 5.41) is 18.5. The highest BCUT2D eigenvalue weighted by molar-refractivity contribution is 7.47. The number of carbonyl (C=O) groups is 1. The third-order valence-corrected chi connectivity index (χ3v) is 14.2. The number of carbonyl (C=O) groups excluding carboxylic acids is 1. The summed E-state index contributed by atoms with van der Waals surface area (Å²) in [7, 11) is -4.52. The minimum Gasteiger partial charge on any atom is -0.457 e. The standard InChI is InChI=1S/C57H113O9P/c1-3-5-7-9-11-13-15-17-19-21-23-25-27-29-31-33-35-37-39-41-43-45-47-49-57(60)66-56(54-65-67(61,62)64-52-55(59)51-58)53-63-50-48-46-44-42-40-38-36-34-32-30-28-26-24-22-20-18-16-14-12-10-8-6-4-2/h21,23,55-56,58-59H,3-20,22,24-54H2,1-2H3,(H,61,62)/b23-21-. The lowest BCUT2D eigenvalue weighted by molar-refractivity contribution is -0.154. The maximum atomic E-state index is 12.7. The van der Waals surface area contributed by atoms with E-state index in [1.165, 1.54) is 250 Å². The third kappa shape index (κ3) is 54.4. The quantitative estimate of drug-likeness (QED) is 0.0236. The van der Waals surface area contributed by atoms with Crippen molar-refractivity contribution in [3.05, 3.63) is 12.2 Å². The molecule has 3 unspecified atom stereocenters. The number of rotatable bonds is 57. The lowest BCUT2D eigenvalue weighted by Crippen LogP contribution is -2.29. The van der Waals surface area contributed by atoms with Crippen LogP contribution in [-0.4, -0.2) is 66.3 Å². The number of phosphoric ester groups is 1. The number of unbranched alkanes of at least 4 members (excludes halogenated alkanes) is 41. The molecular formula is C57H113O9P. The van der Waals surface area contributed by atoms with Crippen molar-refractivity contribution < 1.29 is 43.0 Å². The van der Waals surface area contributed by atoms with Gasteiger partial charge in [-0.2, -0.15) is 0 Å². The first kappa shape index (κ1) is 66.2. The van der Waals surface area contributed by atoms with E-state index < -0.39 is 33.2 Å². The number of hydrogen-bond donors (Lipinski definition) is 3.